The van der Waals surface area contributed by atoms with Crippen LogP contribution in [-0.2, 0) is 19.5 Å². The van der Waals surface area contributed by atoms with Gasteiger partial charge in [0.05, 0.1) is 11.9 Å². The van der Waals surface area contributed by atoms with Crippen molar-refractivity contribution in [3.05, 3.63) is 88.5 Å². The van der Waals surface area contributed by atoms with Gasteiger partial charge in [0, 0.05) is 50.4 Å². The lowest BCUT2D eigenvalue weighted by Gasteiger charge is -2.31. The van der Waals surface area contributed by atoms with E-state index in [4.69, 9.17) is 9.97 Å². The van der Waals surface area contributed by atoms with Crippen molar-refractivity contribution >= 4 is 17.6 Å². The second-order valence-corrected chi connectivity index (χ2v) is 10.4. The van der Waals surface area contributed by atoms with Crippen molar-refractivity contribution in [2.45, 2.75) is 53.1 Å². The zero-order chi connectivity index (χ0) is 25.4. The van der Waals surface area contributed by atoms with Crippen molar-refractivity contribution in [2.75, 3.05) is 29.9 Å². The van der Waals surface area contributed by atoms with E-state index in [-0.39, 0.29) is 0 Å². The van der Waals surface area contributed by atoms with E-state index in [0.29, 0.717) is 5.95 Å². The van der Waals surface area contributed by atoms with E-state index < -0.39 is 0 Å². The topological polar surface area (TPSA) is 62.1 Å². The summed E-state index contributed by atoms with van der Waals surface area (Å²) >= 11 is 0. The number of anilines is 3. The third-order valence-corrected chi connectivity index (χ3v) is 7.80. The summed E-state index contributed by atoms with van der Waals surface area (Å²) in [7, 11) is 0. The molecular weight excluding hydrogens is 458 g/mol. The highest BCUT2D eigenvalue weighted by molar-refractivity contribution is 5.58. The molecule has 2 aromatic heterocycles. The maximum Gasteiger partial charge on any atom is 0.230 e. The average Bonchev–Trinajstić information content (AvgIpc) is 3.60. The molecule has 0 spiro atoms. The number of hydrogen-bond acceptors (Lipinski definition) is 6. The first-order chi connectivity index (χ1) is 18.0. The van der Waals surface area contributed by atoms with Crippen LogP contribution < -0.4 is 10.2 Å². The van der Waals surface area contributed by atoms with Gasteiger partial charge in [-0.15, -0.1) is 0 Å². The number of nitrogens with one attached hydrogen (secondary N) is 1. The van der Waals surface area contributed by atoms with Crippen molar-refractivity contribution in [1.29, 1.82) is 0 Å². The van der Waals surface area contributed by atoms with Crippen LogP contribution in [0, 0.1) is 20.8 Å². The number of imidazole rings is 1. The van der Waals surface area contributed by atoms with Crippen molar-refractivity contribution in [2.24, 2.45) is 0 Å². The van der Waals surface area contributed by atoms with Gasteiger partial charge in [-0.05, 0) is 68.0 Å². The SMILES string of the molecule is Cc1cc(-n2cnc(Nc3nc4c(c(N5CCCC5)n3)CN(Cc3ccccc3)CC4)c2)cc(C)c1C. The van der Waals surface area contributed by atoms with Crippen LogP contribution in [0.2, 0.25) is 0 Å². The molecule has 2 aliphatic rings. The van der Waals surface area contributed by atoms with E-state index in [1.807, 2.05) is 12.5 Å². The molecule has 0 saturated carbocycles. The summed E-state index contributed by atoms with van der Waals surface area (Å²) in [5.41, 5.74) is 8.81. The molecule has 1 saturated heterocycles. The Morgan fingerprint density at radius 2 is 1.68 bits per heavy atom. The van der Waals surface area contributed by atoms with Crippen LogP contribution in [0.25, 0.3) is 5.69 Å². The maximum atomic E-state index is 5.05. The normalized spacial score (nSPS) is 15.7. The quantitative estimate of drug-likeness (QED) is 0.383. The Bertz CT molecular complexity index is 1380. The van der Waals surface area contributed by atoms with Crippen LogP contribution in [0.4, 0.5) is 17.6 Å². The second-order valence-electron chi connectivity index (χ2n) is 10.4. The van der Waals surface area contributed by atoms with Crippen LogP contribution in [-0.4, -0.2) is 44.1 Å². The molecule has 4 heterocycles. The summed E-state index contributed by atoms with van der Waals surface area (Å²) in [6.07, 6.45) is 7.23. The van der Waals surface area contributed by atoms with Gasteiger partial charge in [-0.25, -0.2) is 9.97 Å². The summed E-state index contributed by atoms with van der Waals surface area (Å²) in [6, 6.07) is 15.1. The third kappa shape index (κ3) is 4.96. The lowest BCUT2D eigenvalue weighted by molar-refractivity contribution is 0.243. The Morgan fingerprint density at radius 3 is 2.43 bits per heavy atom. The predicted octanol–water partition coefficient (Wildman–Crippen LogP) is 5.49. The minimum absolute atomic E-state index is 0.638. The van der Waals surface area contributed by atoms with E-state index in [1.54, 1.807) is 0 Å². The summed E-state index contributed by atoms with van der Waals surface area (Å²) in [5, 5.41) is 3.41. The third-order valence-electron chi connectivity index (χ3n) is 7.80. The minimum atomic E-state index is 0.638. The van der Waals surface area contributed by atoms with Gasteiger partial charge in [-0.2, -0.15) is 4.98 Å². The average molecular weight is 494 g/mol. The number of aryl methyl sites for hydroxylation is 2. The Labute approximate surface area is 219 Å². The first-order valence-corrected chi connectivity index (χ1v) is 13.3. The molecule has 0 amide bonds. The van der Waals surface area contributed by atoms with Gasteiger partial charge in [-0.1, -0.05) is 30.3 Å². The molecule has 1 fully saturated rings. The number of nitrogens with zero attached hydrogens (tertiary/aromatic N) is 6. The van der Waals surface area contributed by atoms with Crippen LogP contribution in [0.5, 0.6) is 0 Å². The summed E-state index contributed by atoms with van der Waals surface area (Å²) in [5.74, 6) is 2.48. The van der Waals surface area contributed by atoms with Gasteiger partial charge >= 0.3 is 0 Å². The second kappa shape index (κ2) is 9.98. The Kier molecular flexibility index (Phi) is 6.38. The fourth-order valence-electron chi connectivity index (χ4n) is 5.48. The highest BCUT2D eigenvalue weighted by Gasteiger charge is 2.27. The lowest BCUT2D eigenvalue weighted by Crippen LogP contribution is -2.33. The number of benzene rings is 2. The first-order valence-electron chi connectivity index (χ1n) is 13.3. The highest BCUT2D eigenvalue weighted by Crippen LogP contribution is 2.31. The zero-order valence-electron chi connectivity index (χ0n) is 22.0. The van der Waals surface area contributed by atoms with E-state index in [1.165, 1.54) is 40.7 Å². The molecule has 1 N–H and O–H groups in total. The van der Waals surface area contributed by atoms with Gasteiger partial charge in [0.25, 0.3) is 0 Å². The van der Waals surface area contributed by atoms with Gasteiger partial charge in [0.15, 0.2) is 5.82 Å². The fourth-order valence-corrected chi connectivity index (χ4v) is 5.48. The highest BCUT2D eigenvalue weighted by atomic mass is 15.3. The number of aromatic nitrogens is 4. The van der Waals surface area contributed by atoms with Crippen molar-refractivity contribution in [3.63, 3.8) is 0 Å². The van der Waals surface area contributed by atoms with Gasteiger partial charge in [0.2, 0.25) is 5.95 Å². The van der Waals surface area contributed by atoms with E-state index in [0.717, 1.165) is 62.2 Å². The Morgan fingerprint density at radius 1 is 0.919 bits per heavy atom. The zero-order valence-corrected chi connectivity index (χ0v) is 22.0. The predicted molar refractivity (Wildman–Crippen MR) is 149 cm³/mol. The molecule has 0 radical (unpaired) electrons. The molecule has 2 aliphatic heterocycles. The van der Waals surface area contributed by atoms with E-state index in [2.05, 4.69) is 87.9 Å². The summed E-state index contributed by atoms with van der Waals surface area (Å²) in [6.45, 7) is 11.4. The molecule has 0 bridgehead atoms. The molecule has 7 heteroatoms. The standard InChI is InChI=1S/C30H35N7/c1-21-15-25(16-22(2)23(21)3)37-19-28(31-20-37)33-30-32-27-11-14-35(17-24-9-5-4-6-10-24)18-26(27)29(34-30)36-12-7-8-13-36/h4-6,9-10,15-16,19-20H,7-8,11-14,17-18H2,1-3H3,(H,32,33,34). The smallest absolute Gasteiger partial charge is 0.230 e. The Hall–Kier alpha value is -3.71. The van der Waals surface area contributed by atoms with Gasteiger partial charge in [0.1, 0.15) is 12.1 Å². The minimum Gasteiger partial charge on any atom is -0.356 e. The molecule has 190 valence electrons. The van der Waals surface area contributed by atoms with Crippen LogP contribution >= 0.6 is 0 Å². The molecule has 0 unspecified atom stereocenters. The molecule has 37 heavy (non-hydrogen) atoms. The molecule has 6 rings (SSSR count). The van der Waals surface area contributed by atoms with Gasteiger partial charge < -0.3 is 14.8 Å². The van der Waals surface area contributed by atoms with Crippen molar-refractivity contribution in [1.82, 2.24) is 24.4 Å². The number of rotatable bonds is 6. The Balaban J connectivity index is 1.26. The molecule has 4 aromatic rings. The summed E-state index contributed by atoms with van der Waals surface area (Å²) in [4.78, 5) is 19.6. The van der Waals surface area contributed by atoms with E-state index in [9.17, 15) is 0 Å². The number of hydrogen-bond donors (Lipinski definition) is 1. The molecule has 0 atom stereocenters. The van der Waals surface area contributed by atoms with Crippen LogP contribution in [0.15, 0.2) is 55.0 Å². The largest absolute Gasteiger partial charge is 0.356 e. The van der Waals surface area contributed by atoms with Gasteiger partial charge in [-0.3, -0.25) is 4.90 Å². The molecule has 0 aliphatic carbocycles. The molecule has 2 aromatic carbocycles. The van der Waals surface area contributed by atoms with Crippen molar-refractivity contribution in [3.8, 4) is 5.69 Å². The maximum absolute atomic E-state index is 5.05. The molecule has 7 nitrogen and oxygen atoms in total. The van der Waals surface area contributed by atoms with Crippen LogP contribution in [0.1, 0.15) is 46.4 Å². The monoisotopic (exact) mass is 493 g/mol. The number of fused-ring (bicyclic) bond motifs is 1. The van der Waals surface area contributed by atoms with Crippen LogP contribution in [0.3, 0.4) is 0 Å². The fraction of sp³-hybridized carbons (Fsp3) is 0.367. The summed E-state index contributed by atoms with van der Waals surface area (Å²) < 4.78 is 2.06. The molecular formula is C30H35N7. The lowest BCUT2D eigenvalue weighted by atomic mass is 10.0. The van der Waals surface area contributed by atoms with E-state index >= 15 is 0 Å². The van der Waals surface area contributed by atoms with Crippen molar-refractivity contribution < 1.29 is 0 Å². The first kappa shape index (κ1) is 23.7.